The van der Waals surface area contributed by atoms with Gasteiger partial charge in [-0.1, -0.05) is 36.4 Å². The maximum atomic E-state index is 13.4. The third-order valence-electron chi connectivity index (χ3n) is 4.37. The lowest BCUT2D eigenvalue weighted by molar-refractivity contribution is -0.386. The van der Waals surface area contributed by atoms with Crippen LogP contribution in [0.5, 0.6) is 0 Å². The Hall–Kier alpha value is -3.52. The van der Waals surface area contributed by atoms with Gasteiger partial charge in [0.05, 0.1) is 20.9 Å². The van der Waals surface area contributed by atoms with Crippen LogP contribution in [0.3, 0.4) is 0 Å². The molecule has 0 fully saturated rings. The van der Waals surface area contributed by atoms with E-state index in [4.69, 9.17) is 5.73 Å². The summed E-state index contributed by atoms with van der Waals surface area (Å²) < 4.78 is 26.8. The van der Waals surface area contributed by atoms with Crippen LogP contribution in [0.2, 0.25) is 0 Å². The van der Waals surface area contributed by atoms with E-state index in [1.165, 1.54) is 24.4 Å². The molecule has 0 spiro atoms. The molecule has 0 radical (unpaired) electrons. The molecule has 7 nitrogen and oxygen atoms in total. The molecule has 0 saturated heterocycles. The molecule has 1 aromatic heterocycles. The van der Waals surface area contributed by atoms with Crippen LogP contribution >= 0.6 is 0 Å². The molecule has 0 aliphatic heterocycles. The minimum absolute atomic E-state index is 0.00802. The van der Waals surface area contributed by atoms with Crippen molar-refractivity contribution in [2.75, 3.05) is 5.73 Å². The van der Waals surface area contributed by atoms with Gasteiger partial charge in [-0.05, 0) is 29.7 Å². The van der Waals surface area contributed by atoms with Crippen molar-refractivity contribution in [3.8, 4) is 0 Å². The van der Waals surface area contributed by atoms with Crippen molar-refractivity contribution in [2.24, 2.45) is 0 Å². The number of aromatic nitrogens is 1. The highest BCUT2D eigenvalue weighted by Gasteiger charge is 2.32. The quantitative estimate of drug-likeness (QED) is 0.329. The predicted molar refractivity (Wildman–Crippen MR) is 102 cm³/mol. The monoisotopic (exact) mass is 379 g/mol. The van der Waals surface area contributed by atoms with E-state index in [0.717, 1.165) is 11.5 Å². The summed E-state index contributed by atoms with van der Waals surface area (Å²) in [6.07, 6.45) is 1.45. The summed E-state index contributed by atoms with van der Waals surface area (Å²) in [5.41, 5.74) is 5.70. The molecule has 0 amide bonds. The minimum atomic E-state index is -4.20. The fourth-order valence-electron chi connectivity index (χ4n) is 3.18. The van der Waals surface area contributed by atoms with Crippen LogP contribution in [0.4, 0.5) is 11.4 Å². The summed E-state index contributed by atoms with van der Waals surface area (Å²) in [5, 5.41) is 13.1. The van der Waals surface area contributed by atoms with E-state index in [0.29, 0.717) is 5.39 Å². The average Bonchev–Trinajstić information content (AvgIpc) is 2.67. The van der Waals surface area contributed by atoms with Crippen molar-refractivity contribution in [1.29, 1.82) is 0 Å². The lowest BCUT2D eigenvalue weighted by Gasteiger charge is -2.11. The molecular weight excluding hydrogens is 366 g/mol. The van der Waals surface area contributed by atoms with Crippen LogP contribution < -0.4 is 5.73 Å². The van der Waals surface area contributed by atoms with Crippen molar-refractivity contribution in [1.82, 2.24) is 4.98 Å². The second-order valence-corrected chi connectivity index (χ2v) is 7.84. The van der Waals surface area contributed by atoms with Crippen molar-refractivity contribution in [3.63, 3.8) is 0 Å². The Balaban J connectivity index is 2.12. The molecule has 4 aromatic rings. The Morgan fingerprint density at radius 3 is 2.41 bits per heavy atom. The van der Waals surface area contributed by atoms with Gasteiger partial charge in [-0.3, -0.25) is 15.1 Å². The first-order valence-electron chi connectivity index (χ1n) is 7.95. The molecule has 0 atom stereocenters. The Labute approximate surface area is 154 Å². The van der Waals surface area contributed by atoms with Crippen LogP contribution in [-0.4, -0.2) is 18.3 Å². The second-order valence-electron chi connectivity index (χ2n) is 5.95. The van der Waals surface area contributed by atoms with Gasteiger partial charge in [-0.25, -0.2) is 8.42 Å². The van der Waals surface area contributed by atoms with Crippen LogP contribution in [-0.2, 0) is 9.84 Å². The smallest absolute Gasteiger partial charge is 0.297 e. The van der Waals surface area contributed by atoms with Crippen molar-refractivity contribution in [3.05, 3.63) is 77.0 Å². The Kier molecular flexibility index (Phi) is 3.78. The van der Waals surface area contributed by atoms with Gasteiger partial charge in [0.25, 0.3) is 5.69 Å². The summed E-state index contributed by atoms with van der Waals surface area (Å²) in [6.45, 7) is 0. The number of anilines is 1. The van der Waals surface area contributed by atoms with Gasteiger partial charge in [0, 0.05) is 11.6 Å². The number of fused-ring (bicyclic) bond motifs is 2. The van der Waals surface area contributed by atoms with Gasteiger partial charge in [0.2, 0.25) is 9.84 Å². The summed E-state index contributed by atoms with van der Waals surface area (Å²) in [5.74, 6) is 0. The molecule has 0 unspecified atom stereocenters. The number of nitrogens with zero attached hydrogens (tertiary/aromatic N) is 2. The minimum Gasteiger partial charge on any atom is -0.397 e. The van der Waals surface area contributed by atoms with Crippen LogP contribution in [0.1, 0.15) is 0 Å². The first kappa shape index (κ1) is 16.9. The first-order valence-corrected chi connectivity index (χ1v) is 9.44. The molecule has 0 aliphatic carbocycles. The van der Waals surface area contributed by atoms with Crippen molar-refractivity contribution < 1.29 is 13.3 Å². The third-order valence-corrected chi connectivity index (χ3v) is 6.19. The lowest BCUT2D eigenvalue weighted by atomic mass is 10.1. The number of rotatable bonds is 3. The normalized spacial score (nSPS) is 11.7. The van der Waals surface area contributed by atoms with E-state index in [9.17, 15) is 18.5 Å². The maximum absolute atomic E-state index is 13.4. The number of benzene rings is 3. The summed E-state index contributed by atoms with van der Waals surface area (Å²) >= 11 is 0. The second kappa shape index (κ2) is 6.03. The molecule has 0 bridgehead atoms. The van der Waals surface area contributed by atoms with Crippen molar-refractivity contribution >= 4 is 42.9 Å². The fraction of sp³-hybridized carbons (Fsp3) is 0. The van der Waals surface area contributed by atoms with Crippen molar-refractivity contribution in [2.45, 2.75) is 9.79 Å². The number of hydrogen-bond donors (Lipinski definition) is 1. The Morgan fingerprint density at radius 1 is 0.926 bits per heavy atom. The van der Waals surface area contributed by atoms with E-state index < -0.39 is 25.3 Å². The number of nitrogens with two attached hydrogens (primary N) is 1. The molecule has 134 valence electrons. The van der Waals surface area contributed by atoms with E-state index in [-0.39, 0.29) is 21.5 Å². The molecule has 3 aromatic carbocycles. The van der Waals surface area contributed by atoms with Gasteiger partial charge < -0.3 is 5.73 Å². The third kappa shape index (κ3) is 2.58. The van der Waals surface area contributed by atoms with Gasteiger partial charge in [0.15, 0.2) is 4.90 Å². The largest absolute Gasteiger partial charge is 0.397 e. The van der Waals surface area contributed by atoms with Crippen LogP contribution in [0.15, 0.2) is 76.7 Å². The predicted octanol–water partition coefficient (Wildman–Crippen LogP) is 3.71. The van der Waals surface area contributed by atoms with E-state index in [1.807, 2.05) is 0 Å². The number of nitrogen functional groups attached to an aromatic ring is 1. The van der Waals surface area contributed by atoms with E-state index in [1.54, 1.807) is 36.4 Å². The highest BCUT2D eigenvalue weighted by Crippen LogP contribution is 2.39. The number of sulfone groups is 1. The van der Waals surface area contributed by atoms with Gasteiger partial charge in [-0.2, -0.15) is 0 Å². The molecule has 4 rings (SSSR count). The topological polar surface area (TPSA) is 116 Å². The molecule has 8 heteroatoms. The lowest BCUT2D eigenvalue weighted by Crippen LogP contribution is -2.08. The van der Waals surface area contributed by atoms with Crippen LogP contribution in [0.25, 0.3) is 21.7 Å². The molecular formula is C19H13N3O4S. The standard InChI is InChI=1S/C19H13N3O4S/c20-15-11-17(19(22(23)24)14-8-4-10-21-18(14)15)27(25,26)16-9-3-6-12-5-1-2-7-13(12)16/h1-11H,20H2. The number of pyridine rings is 1. The van der Waals surface area contributed by atoms with Gasteiger partial charge >= 0.3 is 0 Å². The summed E-state index contributed by atoms with van der Waals surface area (Å²) in [6, 6.07) is 15.8. The SMILES string of the molecule is Nc1cc(S(=O)(=O)c2cccc3ccccc23)c([N+](=O)[O-])c2cccnc12. The zero-order valence-electron chi connectivity index (χ0n) is 13.9. The molecule has 27 heavy (non-hydrogen) atoms. The van der Waals surface area contributed by atoms with E-state index >= 15 is 0 Å². The highest BCUT2D eigenvalue weighted by atomic mass is 32.2. The number of nitro benzene ring substituents is 1. The average molecular weight is 379 g/mol. The van der Waals surface area contributed by atoms with Gasteiger partial charge in [-0.15, -0.1) is 0 Å². The highest BCUT2D eigenvalue weighted by molar-refractivity contribution is 7.92. The van der Waals surface area contributed by atoms with Gasteiger partial charge in [0.1, 0.15) is 5.52 Å². The zero-order valence-corrected chi connectivity index (χ0v) is 14.7. The molecule has 0 aliphatic rings. The zero-order chi connectivity index (χ0) is 19.2. The first-order chi connectivity index (χ1) is 12.9. The summed E-state index contributed by atoms with van der Waals surface area (Å²) in [4.78, 5) is 14.6. The van der Waals surface area contributed by atoms with E-state index in [2.05, 4.69) is 4.98 Å². The molecule has 1 heterocycles. The number of nitro groups is 1. The summed E-state index contributed by atoms with van der Waals surface area (Å²) in [7, 11) is -4.20. The number of hydrogen-bond acceptors (Lipinski definition) is 6. The molecule has 2 N–H and O–H groups in total. The fourth-order valence-corrected chi connectivity index (χ4v) is 4.87. The maximum Gasteiger partial charge on any atom is 0.297 e. The Morgan fingerprint density at radius 2 is 1.63 bits per heavy atom. The Bertz CT molecular complexity index is 1330. The molecule has 0 saturated carbocycles. The van der Waals surface area contributed by atoms with Crippen LogP contribution in [0, 0.1) is 10.1 Å².